The summed E-state index contributed by atoms with van der Waals surface area (Å²) >= 11 is 0. The van der Waals surface area contributed by atoms with Gasteiger partial charge in [0, 0.05) is 41.2 Å². The predicted molar refractivity (Wildman–Crippen MR) is 131 cm³/mol. The van der Waals surface area contributed by atoms with Gasteiger partial charge < -0.3 is 19.3 Å². The van der Waals surface area contributed by atoms with Crippen molar-refractivity contribution in [3.63, 3.8) is 0 Å². The fraction of sp³-hybridized carbons (Fsp3) is 0.321. The minimum atomic E-state index is -0.0725. The molecule has 3 heterocycles. The third kappa shape index (κ3) is 3.91. The van der Waals surface area contributed by atoms with E-state index in [0.29, 0.717) is 42.4 Å². The van der Waals surface area contributed by atoms with Gasteiger partial charge in [0.25, 0.3) is 11.8 Å². The molecule has 0 unspecified atom stereocenters. The van der Waals surface area contributed by atoms with Gasteiger partial charge in [-0.1, -0.05) is 18.2 Å². The number of amides is 2. The van der Waals surface area contributed by atoms with Crippen molar-refractivity contribution in [1.82, 2.24) is 9.88 Å². The van der Waals surface area contributed by atoms with E-state index in [1.165, 1.54) is 12.8 Å². The first kappa shape index (κ1) is 21.6. The smallest absolute Gasteiger partial charge is 0.259 e. The maximum absolute atomic E-state index is 13.4. The Morgan fingerprint density at radius 2 is 1.74 bits per heavy atom. The van der Waals surface area contributed by atoms with Crippen LogP contribution in [0.15, 0.2) is 54.7 Å². The third-order valence-corrected chi connectivity index (χ3v) is 7.15. The zero-order valence-corrected chi connectivity index (χ0v) is 19.7. The highest BCUT2D eigenvalue weighted by Crippen LogP contribution is 2.37. The number of methoxy groups -OCH3 is 1. The van der Waals surface area contributed by atoms with E-state index in [4.69, 9.17) is 9.47 Å². The summed E-state index contributed by atoms with van der Waals surface area (Å²) in [4.78, 5) is 34.2. The van der Waals surface area contributed by atoms with E-state index in [2.05, 4.69) is 4.98 Å². The van der Waals surface area contributed by atoms with Crippen LogP contribution in [-0.2, 0) is 19.6 Å². The van der Waals surface area contributed by atoms with Gasteiger partial charge in [0.15, 0.2) is 11.5 Å². The lowest BCUT2D eigenvalue weighted by Gasteiger charge is -2.20. The first-order valence-corrected chi connectivity index (χ1v) is 12.1. The summed E-state index contributed by atoms with van der Waals surface area (Å²) in [5, 5.41) is 0. The number of carbonyl (C=O) groups excluding carboxylic acids is 2. The second-order valence-electron chi connectivity index (χ2n) is 9.40. The van der Waals surface area contributed by atoms with E-state index >= 15 is 0 Å². The lowest BCUT2D eigenvalue weighted by Crippen LogP contribution is -2.24. The molecule has 3 aromatic rings. The Hall–Kier alpha value is -3.87. The van der Waals surface area contributed by atoms with E-state index in [-0.39, 0.29) is 17.9 Å². The summed E-state index contributed by atoms with van der Waals surface area (Å²) in [6.07, 6.45) is 6.39. The lowest BCUT2D eigenvalue weighted by atomic mass is 10.1. The van der Waals surface area contributed by atoms with Crippen molar-refractivity contribution in [2.75, 3.05) is 12.0 Å². The Bertz CT molecular complexity index is 1320. The maximum atomic E-state index is 13.4. The molecule has 1 fully saturated rings. The summed E-state index contributed by atoms with van der Waals surface area (Å²) in [5.41, 5.74) is 4.76. The second kappa shape index (κ2) is 8.73. The highest BCUT2D eigenvalue weighted by molar-refractivity contribution is 6.10. The number of ether oxygens (including phenoxy) is 2. The molecule has 0 saturated heterocycles. The highest BCUT2D eigenvalue weighted by atomic mass is 16.5. The average molecular weight is 470 g/mol. The molecule has 7 nitrogen and oxygen atoms in total. The molecule has 0 N–H and O–H groups in total. The fourth-order valence-electron chi connectivity index (χ4n) is 5.28. The first-order valence-electron chi connectivity index (χ1n) is 12.1. The Morgan fingerprint density at radius 3 is 2.54 bits per heavy atom. The first-order chi connectivity index (χ1) is 17.1. The van der Waals surface area contributed by atoms with Crippen molar-refractivity contribution in [2.45, 2.75) is 51.4 Å². The van der Waals surface area contributed by atoms with Crippen LogP contribution in [0.3, 0.4) is 0 Å². The van der Waals surface area contributed by atoms with Crippen molar-refractivity contribution in [3.05, 3.63) is 82.7 Å². The molecule has 1 saturated carbocycles. The summed E-state index contributed by atoms with van der Waals surface area (Å²) in [6.45, 7) is 1.38. The third-order valence-electron chi connectivity index (χ3n) is 7.15. The number of pyridine rings is 1. The van der Waals surface area contributed by atoms with E-state index in [9.17, 15) is 9.59 Å². The Labute approximate surface area is 204 Å². The zero-order valence-electron chi connectivity index (χ0n) is 19.7. The van der Waals surface area contributed by atoms with E-state index in [1.54, 1.807) is 23.1 Å². The van der Waals surface area contributed by atoms with Gasteiger partial charge >= 0.3 is 0 Å². The molecule has 1 aliphatic carbocycles. The second-order valence-corrected chi connectivity index (χ2v) is 9.40. The molecular formula is C28H27N3O4. The number of anilines is 1. The van der Waals surface area contributed by atoms with Crippen molar-refractivity contribution in [3.8, 4) is 11.5 Å². The standard InChI is InChI=1S/C28H27N3O4/c1-34-25-11-10-21(13-26(25)35-22-7-3-4-8-22)31-16-19-14-29-20(12-24(19)28(31)33)17-30-15-18-6-2-5-9-23(18)27(30)32/h2,5-6,9-14,22H,3-4,7-8,15-17H2,1H3. The van der Waals surface area contributed by atoms with Crippen LogP contribution in [0.1, 0.15) is 63.2 Å². The van der Waals surface area contributed by atoms with Crippen LogP contribution in [-0.4, -0.2) is 34.9 Å². The molecular weight excluding hydrogens is 442 g/mol. The van der Waals surface area contributed by atoms with Gasteiger partial charge in [0.05, 0.1) is 32.0 Å². The number of rotatable bonds is 6. The van der Waals surface area contributed by atoms with Crippen molar-refractivity contribution in [2.24, 2.45) is 0 Å². The molecule has 0 radical (unpaired) electrons. The molecule has 7 heteroatoms. The van der Waals surface area contributed by atoms with Gasteiger partial charge in [0.2, 0.25) is 0 Å². The van der Waals surface area contributed by atoms with Crippen LogP contribution in [0.5, 0.6) is 11.5 Å². The molecule has 0 bridgehead atoms. The number of nitrogens with zero attached hydrogens (tertiary/aromatic N) is 3. The topological polar surface area (TPSA) is 72.0 Å². The number of hydrogen-bond acceptors (Lipinski definition) is 5. The zero-order chi connectivity index (χ0) is 23.9. The quantitative estimate of drug-likeness (QED) is 0.522. The lowest BCUT2D eigenvalue weighted by molar-refractivity contribution is 0.0764. The Kier molecular flexibility index (Phi) is 5.40. The normalized spacial score (nSPS) is 17.2. The highest BCUT2D eigenvalue weighted by Gasteiger charge is 2.32. The minimum absolute atomic E-state index is 0.00359. The van der Waals surface area contributed by atoms with Gasteiger partial charge in [-0.25, -0.2) is 0 Å². The average Bonchev–Trinajstić information content (AvgIpc) is 3.59. The predicted octanol–water partition coefficient (Wildman–Crippen LogP) is 4.73. The van der Waals surface area contributed by atoms with E-state index in [1.807, 2.05) is 48.5 Å². The number of hydrogen-bond donors (Lipinski definition) is 0. The monoisotopic (exact) mass is 469 g/mol. The maximum Gasteiger partial charge on any atom is 0.259 e. The molecule has 2 aliphatic heterocycles. The summed E-state index contributed by atoms with van der Waals surface area (Å²) in [6, 6.07) is 15.1. The van der Waals surface area contributed by atoms with Crippen LogP contribution in [0.2, 0.25) is 0 Å². The molecule has 0 atom stereocenters. The van der Waals surface area contributed by atoms with Crippen LogP contribution < -0.4 is 14.4 Å². The SMILES string of the molecule is COc1ccc(N2Cc3cnc(CN4Cc5ccccc5C4=O)cc3C2=O)cc1OC1CCCC1. The van der Waals surface area contributed by atoms with Crippen LogP contribution in [0.25, 0.3) is 0 Å². The summed E-state index contributed by atoms with van der Waals surface area (Å²) < 4.78 is 11.7. The van der Waals surface area contributed by atoms with Crippen molar-refractivity contribution in [1.29, 1.82) is 0 Å². The van der Waals surface area contributed by atoms with E-state index < -0.39 is 0 Å². The van der Waals surface area contributed by atoms with Crippen LogP contribution in [0, 0.1) is 0 Å². The van der Waals surface area contributed by atoms with Crippen LogP contribution in [0.4, 0.5) is 5.69 Å². The van der Waals surface area contributed by atoms with Crippen molar-refractivity contribution >= 4 is 17.5 Å². The largest absolute Gasteiger partial charge is 0.493 e. The number of benzene rings is 2. The molecule has 2 amide bonds. The molecule has 2 aromatic carbocycles. The molecule has 178 valence electrons. The van der Waals surface area contributed by atoms with Gasteiger partial charge in [-0.2, -0.15) is 0 Å². The Morgan fingerprint density at radius 1 is 0.914 bits per heavy atom. The van der Waals surface area contributed by atoms with Gasteiger partial charge in [-0.3, -0.25) is 14.6 Å². The number of fused-ring (bicyclic) bond motifs is 2. The number of aromatic nitrogens is 1. The Balaban J connectivity index is 1.21. The van der Waals surface area contributed by atoms with Gasteiger partial charge in [0.1, 0.15) is 0 Å². The summed E-state index contributed by atoms with van der Waals surface area (Å²) in [7, 11) is 1.63. The fourth-order valence-corrected chi connectivity index (χ4v) is 5.28. The minimum Gasteiger partial charge on any atom is -0.493 e. The molecule has 1 aromatic heterocycles. The van der Waals surface area contributed by atoms with Gasteiger partial charge in [-0.15, -0.1) is 0 Å². The van der Waals surface area contributed by atoms with Gasteiger partial charge in [-0.05, 0) is 55.5 Å². The van der Waals surface area contributed by atoms with Crippen LogP contribution >= 0.6 is 0 Å². The van der Waals surface area contributed by atoms with Crippen molar-refractivity contribution < 1.29 is 19.1 Å². The molecule has 35 heavy (non-hydrogen) atoms. The van der Waals surface area contributed by atoms with E-state index in [0.717, 1.165) is 35.2 Å². The summed E-state index contributed by atoms with van der Waals surface area (Å²) in [5.74, 6) is 1.28. The molecule has 3 aliphatic rings. The molecule has 6 rings (SSSR count). The molecule has 0 spiro atoms. The number of carbonyl (C=O) groups is 2.